The molecule has 0 bridgehead atoms. The Morgan fingerprint density at radius 2 is 1.70 bits per heavy atom. The highest BCUT2D eigenvalue weighted by atomic mass is 79.9. The van der Waals surface area contributed by atoms with E-state index in [2.05, 4.69) is 25.9 Å². The van der Waals surface area contributed by atoms with Gasteiger partial charge >= 0.3 is 0 Å². The lowest BCUT2D eigenvalue weighted by atomic mass is 10.1. The van der Waals surface area contributed by atoms with E-state index < -0.39 is 11.3 Å². The molecule has 0 saturated carbocycles. The lowest BCUT2D eigenvalue weighted by molar-refractivity contribution is 0.450. The summed E-state index contributed by atoms with van der Waals surface area (Å²) in [6.45, 7) is 0. The normalized spacial score (nSPS) is 11.0. The van der Waals surface area contributed by atoms with Crippen molar-refractivity contribution in [2.24, 2.45) is 7.05 Å². The number of hydrogen-bond acceptors (Lipinski definition) is 5. The summed E-state index contributed by atoms with van der Waals surface area (Å²) < 4.78 is 21.1. The van der Waals surface area contributed by atoms with Crippen LogP contribution in [0.4, 0.5) is 4.39 Å². The zero-order chi connectivity index (χ0) is 21.3. The predicted octanol–water partition coefficient (Wildman–Crippen LogP) is 4.22. The standard InChI is InChI=1S/C22H17BrFN3O3/c1-27-18(11-14-2-6-15(23)7-3-14)26-19(20(28)22(27)29)21-25-12-17(30-21)10-13-4-8-16(24)9-5-13/h2-9,12,28H,10-11H2,1H3. The van der Waals surface area contributed by atoms with Crippen LogP contribution >= 0.6 is 15.9 Å². The predicted molar refractivity (Wildman–Crippen MR) is 113 cm³/mol. The Morgan fingerprint density at radius 1 is 1.07 bits per heavy atom. The summed E-state index contributed by atoms with van der Waals surface area (Å²) in [5.41, 5.74) is 1.22. The molecular formula is C22H17BrFN3O3. The summed E-state index contributed by atoms with van der Waals surface area (Å²) in [6.07, 6.45) is 2.30. The first-order valence-electron chi connectivity index (χ1n) is 9.13. The highest BCUT2D eigenvalue weighted by molar-refractivity contribution is 9.10. The summed E-state index contributed by atoms with van der Waals surface area (Å²) in [6, 6.07) is 13.7. The van der Waals surface area contributed by atoms with Crippen molar-refractivity contribution in [3.05, 3.63) is 98.1 Å². The Morgan fingerprint density at radius 3 is 2.40 bits per heavy atom. The van der Waals surface area contributed by atoms with E-state index >= 15 is 0 Å². The largest absolute Gasteiger partial charge is 0.501 e. The van der Waals surface area contributed by atoms with Crippen molar-refractivity contribution in [1.29, 1.82) is 0 Å². The van der Waals surface area contributed by atoms with E-state index in [0.29, 0.717) is 24.4 Å². The molecule has 30 heavy (non-hydrogen) atoms. The molecule has 0 aliphatic rings. The van der Waals surface area contributed by atoms with Crippen LogP contribution in [-0.4, -0.2) is 19.6 Å². The zero-order valence-electron chi connectivity index (χ0n) is 16.0. The summed E-state index contributed by atoms with van der Waals surface area (Å²) in [4.78, 5) is 21.1. The van der Waals surface area contributed by atoms with E-state index in [0.717, 1.165) is 15.6 Å². The Kier molecular flexibility index (Phi) is 5.50. The molecule has 0 unspecified atom stereocenters. The van der Waals surface area contributed by atoms with Gasteiger partial charge in [-0.15, -0.1) is 0 Å². The van der Waals surface area contributed by atoms with Crippen molar-refractivity contribution in [1.82, 2.24) is 14.5 Å². The molecule has 0 fully saturated rings. The molecule has 152 valence electrons. The average Bonchev–Trinajstić information content (AvgIpc) is 3.20. The van der Waals surface area contributed by atoms with Gasteiger partial charge in [-0.3, -0.25) is 9.36 Å². The summed E-state index contributed by atoms with van der Waals surface area (Å²) in [5.74, 6) is 0.192. The lowest BCUT2D eigenvalue weighted by Gasteiger charge is -2.10. The van der Waals surface area contributed by atoms with Crippen LogP contribution in [-0.2, 0) is 19.9 Å². The van der Waals surface area contributed by atoms with E-state index in [9.17, 15) is 14.3 Å². The quantitative estimate of drug-likeness (QED) is 0.473. The molecule has 2 heterocycles. The van der Waals surface area contributed by atoms with Crippen LogP contribution in [0.1, 0.15) is 22.7 Å². The van der Waals surface area contributed by atoms with Crippen molar-refractivity contribution >= 4 is 15.9 Å². The maximum Gasteiger partial charge on any atom is 0.296 e. The van der Waals surface area contributed by atoms with Crippen molar-refractivity contribution in [2.45, 2.75) is 12.8 Å². The molecule has 0 atom stereocenters. The van der Waals surface area contributed by atoms with Crippen LogP contribution in [0.3, 0.4) is 0 Å². The maximum absolute atomic E-state index is 13.1. The number of halogens is 2. The molecule has 8 heteroatoms. The third-order valence-corrected chi connectivity index (χ3v) is 5.21. The molecule has 6 nitrogen and oxygen atoms in total. The van der Waals surface area contributed by atoms with Crippen LogP contribution in [0.5, 0.6) is 5.75 Å². The number of aromatic nitrogens is 3. The van der Waals surface area contributed by atoms with Crippen LogP contribution in [0, 0.1) is 5.82 Å². The molecule has 4 rings (SSSR count). The van der Waals surface area contributed by atoms with Crippen LogP contribution in [0.25, 0.3) is 11.6 Å². The molecule has 0 aliphatic heterocycles. The fourth-order valence-corrected chi connectivity index (χ4v) is 3.29. The van der Waals surface area contributed by atoms with Gasteiger partial charge in [0.2, 0.25) is 11.6 Å². The van der Waals surface area contributed by atoms with Gasteiger partial charge in [0.05, 0.1) is 6.20 Å². The van der Waals surface area contributed by atoms with Crippen LogP contribution in [0.2, 0.25) is 0 Å². The van der Waals surface area contributed by atoms with E-state index in [1.165, 1.54) is 22.9 Å². The third kappa shape index (κ3) is 4.18. The van der Waals surface area contributed by atoms with Gasteiger partial charge in [0, 0.05) is 24.4 Å². The second-order valence-corrected chi connectivity index (χ2v) is 7.74. The first-order chi connectivity index (χ1) is 14.4. The molecule has 0 amide bonds. The minimum absolute atomic E-state index is 0.00410. The molecule has 4 aromatic rings. The summed E-state index contributed by atoms with van der Waals surface area (Å²) in [7, 11) is 1.56. The average molecular weight is 470 g/mol. The number of aromatic hydroxyl groups is 1. The van der Waals surface area contributed by atoms with Gasteiger partial charge in [0.15, 0.2) is 5.69 Å². The van der Waals surface area contributed by atoms with Crippen LogP contribution < -0.4 is 5.56 Å². The highest BCUT2D eigenvalue weighted by Crippen LogP contribution is 2.25. The monoisotopic (exact) mass is 469 g/mol. The fourth-order valence-electron chi connectivity index (χ4n) is 3.03. The Labute approximate surface area is 179 Å². The number of rotatable bonds is 5. The molecule has 1 N–H and O–H groups in total. The molecule has 0 spiro atoms. The van der Waals surface area contributed by atoms with Gasteiger partial charge in [-0.2, -0.15) is 0 Å². The van der Waals surface area contributed by atoms with E-state index in [4.69, 9.17) is 4.42 Å². The van der Waals surface area contributed by atoms with Crippen molar-refractivity contribution in [2.75, 3.05) is 0 Å². The molecule has 2 aromatic heterocycles. The Hall–Kier alpha value is -3.26. The topological polar surface area (TPSA) is 81.2 Å². The summed E-state index contributed by atoms with van der Waals surface area (Å²) in [5, 5.41) is 10.3. The number of benzene rings is 2. The third-order valence-electron chi connectivity index (χ3n) is 4.68. The molecular weight excluding hydrogens is 453 g/mol. The van der Waals surface area contributed by atoms with Gasteiger partial charge in [0.1, 0.15) is 17.4 Å². The van der Waals surface area contributed by atoms with Gasteiger partial charge < -0.3 is 9.52 Å². The van der Waals surface area contributed by atoms with E-state index in [1.54, 1.807) is 19.2 Å². The van der Waals surface area contributed by atoms with Gasteiger partial charge in [-0.25, -0.2) is 14.4 Å². The SMILES string of the molecule is Cn1c(Cc2ccc(Br)cc2)nc(-c2ncc(Cc3ccc(F)cc3)o2)c(O)c1=O. The molecule has 0 radical (unpaired) electrons. The van der Waals surface area contributed by atoms with Crippen molar-refractivity contribution in [3.63, 3.8) is 0 Å². The first kappa shape index (κ1) is 20.0. The molecule has 2 aromatic carbocycles. The van der Waals surface area contributed by atoms with E-state index in [1.807, 2.05) is 24.3 Å². The van der Waals surface area contributed by atoms with Gasteiger partial charge in [-0.05, 0) is 35.4 Å². The maximum atomic E-state index is 13.1. The van der Waals surface area contributed by atoms with E-state index in [-0.39, 0.29) is 17.4 Å². The van der Waals surface area contributed by atoms with Crippen LogP contribution in [0.15, 0.2) is 68.4 Å². The van der Waals surface area contributed by atoms with Gasteiger partial charge in [0.25, 0.3) is 5.56 Å². The smallest absolute Gasteiger partial charge is 0.296 e. The van der Waals surface area contributed by atoms with Gasteiger partial charge in [-0.1, -0.05) is 40.2 Å². The minimum Gasteiger partial charge on any atom is -0.501 e. The Balaban J connectivity index is 1.66. The second kappa shape index (κ2) is 8.23. The molecule has 0 aliphatic carbocycles. The number of nitrogens with zero attached hydrogens (tertiary/aromatic N) is 3. The zero-order valence-corrected chi connectivity index (χ0v) is 17.6. The number of oxazole rings is 1. The number of hydrogen-bond donors (Lipinski definition) is 1. The minimum atomic E-state index is -0.578. The first-order valence-corrected chi connectivity index (χ1v) is 9.93. The fraction of sp³-hybridized carbons (Fsp3) is 0.136. The highest BCUT2D eigenvalue weighted by Gasteiger charge is 2.20. The molecule has 0 saturated heterocycles. The second-order valence-electron chi connectivity index (χ2n) is 6.83. The van der Waals surface area contributed by atoms with Crippen molar-refractivity contribution in [3.8, 4) is 17.3 Å². The Bertz CT molecular complexity index is 1250. The lowest BCUT2D eigenvalue weighted by Crippen LogP contribution is -2.23. The summed E-state index contributed by atoms with van der Waals surface area (Å²) >= 11 is 3.40. The van der Waals surface area contributed by atoms with Crippen molar-refractivity contribution < 1.29 is 13.9 Å².